The second kappa shape index (κ2) is 5.83. The van der Waals surface area contributed by atoms with Crippen LogP contribution in [0.5, 0.6) is 0 Å². The normalized spacial score (nSPS) is 20.5. The summed E-state index contributed by atoms with van der Waals surface area (Å²) in [5, 5.41) is 13.5. The van der Waals surface area contributed by atoms with Crippen LogP contribution in [-0.2, 0) is 0 Å². The van der Waals surface area contributed by atoms with Crippen LogP contribution in [0.2, 0.25) is 0 Å². The minimum Gasteiger partial charge on any atom is -0.391 e. The number of aliphatic hydroxyl groups excluding tert-OH is 1. The molecule has 0 amide bonds. The van der Waals surface area contributed by atoms with E-state index in [2.05, 4.69) is 32.7 Å². The van der Waals surface area contributed by atoms with Gasteiger partial charge in [0, 0.05) is 12.6 Å². The first-order valence-corrected chi connectivity index (χ1v) is 6.47. The zero-order chi connectivity index (χ0) is 12.2. The third-order valence-electron chi connectivity index (χ3n) is 3.45. The lowest BCUT2D eigenvalue weighted by atomic mass is 9.89. The van der Waals surface area contributed by atoms with Crippen LogP contribution in [-0.4, -0.2) is 23.8 Å². The molecule has 16 heavy (non-hydrogen) atoms. The summed E-state index contributed by atoms with van der Waals surface area (Å²) in [6.45, 7) is 10.7. The molecule has 1 rings (SSSR count). The van der Waals surface area contributed by atoms with E-state index in [1.165, 1.54) is 12.8 Å². The van der Waals surface area contributed by atoms with Crippen molar-refractivity contribution >= 4 is 0 Å². The lowest BCUT2D eigenvalue weighted by Crippen LogP contribution is -2.42. The van der Waals surface area contributed by atoms with E-state index in [1.54, 1.807) is 0 Å². The van der Waals surface area contributed by atoms with E-state index in [-0.39, 0.29) is 11.5 Å². The first kappa shape index (κ1) is 13.7. The molecule has 1 fully saturated rings. The van der Waals surface area contributed by atoms with Crippen molar-refractivity contribution in [3.05, 3.63) is 12.7 Å². The summed E-state index contributed by atoms with van der Waals surface area (Å²) >= 11 is 0. The molecule has 0 aromatic carbocycles. The largest absolute Gasteiger partial charge is 0.391 e. The zero-order valence-corrected chi connectivity index (χ0v) is 11.0. The minimum atomic E-state index is -0.266. The Morgan fingerprint density at radius 2 is 2.06 bits per heavy atom. The van der Waals surface area contributed by atoms with E-state index in [0.29, 0.717) is 12.6 Å². The Morgan fingerprint density at radius 1 is 1.44 bits per heavy atom. The predicted molar refractivity (Wildman–Crippen MR) is 69.4 cm³/mol. The number of aliphatic hydroxyl groups is 1. The third-order valence-corrected chi connectivity index (χ3v) is 3.45. The molecule has 2 unspecified atom stereocenters. The van der Waals surface area contributed by atoms with Gasteiger partial charge in [0.2, 0.25) is 0 Å². The van der Waals surface area contributed by atoms with Crippen molar-refractivity contribution in [1.29, 1.82) is 0 Å². The lowest BCUT2D eigenvalue weighted by molar-refractivity contribution is 0.0594. The summed E-state index contributed by atoms with van der Waals surface area (Å²) < 4.78 is 0. The van der Waals surface area contributed by atoms with Gasteiger partial charge in [0.15, 0.2) is 0 Å². The highest BCUT2D eigenvalue weighted by Crippen LogP contribution is 2.34. The summed E-state index contributed by atoms with van der Waals surface area (Å²) in [6, 6.07) is 0.579. The van der Waals surface area contributed by atoms with Crippen LogP contribution in [0.25, 0.3) is 0 Å². The van der Waals surface area contributed by atoms with Crippen molar-refractivity contribution in [1.82, 2.24) is 5.32 Å². The first-order chi connectivity index (χ1) is 7.45. The van der Waals surface area contributed by atoms with Crippen LogP contribution in [0.15, 0.2) is 12.7 Å². The molecule has 2 nitrogen and oxygen atoms in total. The van der Waals surface area contributed by atoms with Crippen LogP contribution in [0, 0.1) is 11.3 Å². The number of nitrogens with one attached hydrogen (secondary N) is 1. The second-order valence-corrected chi connectivity index (χ2v) is 6.10. The molecule has 1 saturated carbocycles. The molecule has 1 aliphatic carbocycles. The molecule has 0 saturated heterocycles. The van der Waals surface area contributed by atoms with Gasteiger partial charge in [0.1, 0.15) is 0 Å². The van der Waals surface area contributed by atoms with Gasteiger partial charge in [-0.05, 0) is 37.0 Å². The van der Waals surface area contributed by atoms with Gasteiger partial charge in [-0.15, -0.1) is 6.58 Å². The summed E-state index contributed by atoms with van der Waals surface area (Å²) in [7, 11) is 0. The Labute approximate surface area is 100 Å². The molecule has 0 heterocycles. The molecule has 0 bridgehead atoms. The molecule has 0 radical (unpaired) electrons. The van der Waals surface area contributed by atoms with Crippen LogP contribution in [0.4, 0.5) is 0 Å². The second-order valence-electron chi connectivity index (χ2n) is 6.10. The van der Waals surface area contributed by atoms with Gasteiger partial charge in [0.25, 0.3) is 0 Å². The van der Waals surface area contributed by atoms with E-state index in [0.717, 1.165) is 18.8 Å². The number of allylic oxidation sites excluding steroid dienone is 1. The van der Waals surface area contributed by atoms with Gasteiger partial charge in [-0.25, -0.2) is 0 Å². The molecule has 0 aliphatic heterocycles. The molecule has 0 spiro atoms. The Kier molecular flexibility index (Phi) is 5.00. The van der Waals surface area contributed by atoms with E-state index >= 15 is 0 Å². The molecule has 94 valence electrons. The zero-order valence-electron chi connectivity index (χ0n) is 11.0. The highest BCUT2D eigenvalue weighted by Gasteiger charge is 2.31. The number of hydrogen-bond donors (Lipinski definition) is 2. The molecule has 2 heteroatoms. The van der Waals surface area contributed by atoms with Crippen molar-refractivity contribution < 1.29 is 5.11 Å². The quantitative estimate of drug-likeness (QED) is 0.653. The highest BCUT2D eigenvalue weighted by atomic mass is 16.3. The van der Waals surface area contributed by atoms with Crippen molar-refractivity contribution in [3.63, 3.8) is 0 Å². The number of rotatable bonds is 7. The monoisotopic (exact) mass is 225 g/mol. The molecular formula is C14H27NO. The van der Waals surface area contributed by atoms with Gasteiger partial charge in [-0.1, -0.05) is 26.8 Å². The standard InChI is InChI=1S/C14H27NO/c1-5-6-7-12(11-8-9-11)15-10-13(16)14(2,3)4/h5,11-13,15-16H,1,6-10H2,2-4H3. The maximum absolute atomic E-state index is 9.98. The van der Waals surface area contributed by atoms with Gasteiger partial charge in [0.05, 0.1) is 6.10 Å². The van der Waals surface area contributed by atoms with Gasteiger partial charge in [-0.2, -0.15) is 0 Å². The van der Waals surface area contributed by atoms with Gasteiger partial charge >= 0.3 is 0 Å². The van der Waals surface area contributed by atoms with E-state index in [9.17, 15) is 5.11 Å². The van der Waals surface area contributed by atoms with Crippen LogP contribution in [0.3, 0.4) is 0 Å². The maximum Gasteiger partial charge on any atom is 0.0712 e. The van der Waals surface area contributed by atoms with E-state index in [1.807, 2.05) is 6.08 Å². The molecular weight excluding hydrogens is 198 g/mol. The highest BCUT2D eigenvalue weighted by molar-refractivity contribution is 4.89. The van der Waals surface area contributed by atoms with Crippen LogP contribution >= 0.6 is 0 Å². The van der Waals surface area contributed by atoms with Crippen LogP contribution < -0.4 is 5.32 Å². The Morgan fingerprint density at radius 3 is 2.50 bits per heavy atom. The SMILES string of the molecule is C=CCCC(NCC(O)C(C)(C)C)C1CC1. The predicted octanol–water partition coefficient (Wildman–Crippen LogP) is 2.73. The van der Waals surface area contributed by atoms with Gasteiger partial charge < -0.3 is 10.4 Å². The average molecular weight is 225 g/mol. The fourth-order valence-electron chi connectivity index (χ4n) is 1.87. The average Bonchev–Trinajstić information content (AvgIpc) is 2.99. The fourth-order valence-corrected chi connectivity index (χ4v) is 1.87. The Bertz CT molecular complexity index is 215. The summed E-state index contributed by atoms with van der Waals surface area (Å²) in [5.41, 5.74) is -0.0282. The van der Waals surface area contributed by atoms with Crippen molar-refractivity contribution in [2.75, 3.05) is 6.54 Å². The smallest absolute Gasteiger partial charge is 0.0712 e. The van der Waals surface area contributed by atoms with Crippen LogP contribution in [0.1, 0.15) is 46.5 Å². The van der Waals surface area contributed by atoms with Crippen molar-refractivity contribution in [3.8, 4) is 0 Å². The Balaban J connectivity index is 2.29. The van der Waals surface area contributed by atoms with Crippen molar-refractivity contribution in [2.24, 2.45) is 11.3 Å². The number of hydrogen-bond acceptors (Lipinski definition) is 2. The Hall–Kier alpha value is -0.340. The minimum absolute atomic E-state index is 0.0282. The molecule has 0 aromatic heterocycles. The lowest BCUT2D eigenvalue weighted by Gasteiger charge is -2.28. The van der Waals surface area contributed by atoms with Crippen molar-refractivity contribution in [2.45, 2.75) is 58.6 Å². The molecule has 2 atom stereocenters. The topological polar surface area (TPSA) is 32.3 Å². The van der Waals surface area contributed by atoms with E-state index < -0.39 is 0 Å². The molecule has 1 aliphatic rings. The summed E-state index contributed by atoms with van der Waals surface area (Å²) in [6.07, 6.45) is 6.64. The summed E-state index contributed by atoms with van der Waals surface area (Å²) in [4.78, 5) is 0. The molecule has 0 aromatic rings. The first-order valence-electron chi connectivity index (χ1n) is 6.47. The summed E-state index contributed by atoms with van der Waals surface area (Å²) in [5.74, 6) is 0.840. The fraction of sp³-hybridized carbons (Fsp3) is 0.857. The van der Waals surface area contributed by atoms with Gasteiger partial charge in [-0.3, -0.25) is 0 Å². The third kappa shape index (κ3) is 4.67. The maximum atomic E-state index is 9.98. The molecule has 2 N–H and O–H groups in total. The van der Waals surface area contributed by atoms with E-state index in [4.69, 9.17) is 0 Å².